The molecule has 0 spiro atoms. The van der Waals surface area contributed by atoms with E-state index in [0.29, 0.717) is 22.8 Å². The van der Waals surface area contributed by atoms with Crippen molar-refractivity contribution in [1.29, 1.82) is 0 Å². The minimum Gasteiger partial charge on any atom is -0.493 e. The summed E-state index contributed by atoms with van der Waals surface area (Å²) >= 11 is 0. The molecular weight excluding hydrogens is 505 g/mol. The molecule has 4 aromatic carbocycles. The molecule has 0 radical (unpaired) electrons. The first kappa shape index (κ1) is 25.1. The lowest BCUT2D eigenvalue weighted by Gasteiger charge is -2.10. The first-order chi connectivity index (χ1) is 19.7. The fraction of sp³-hybridized carbons (Fsp3) is 0.0938. The SMILES string of the molecule is COc1cc(-c2nc(-c3ccccc3)c(-c3ccccc3)[nH]2)ccc1OCc1cn(Cc2ccccc2F)nn1. The summed E-state index contributed by atoms with van der Waals surface area (Å²) in [4.78, 5) is 8.48. The molecule has 0 atom stereocenters. The fourth-order valence-electron chi connectivity index (χ4n) is 4.50. The lowest BCUT2D eigenvalue weighted by Crippen LogP contribution is -2.02. The predicted octanol–water partition coefficient (Wildman–Crippen LogP) is 6.78. The van der Waals surface area contributed by atoms with Gasteiger partial charge in [0.25, 0.3) is 0 Å². The number of methoxy groups -OCH3 is 1. The number of aromatic nitrogens is 5. The molecule has 6 rings (SSSR count). The van der Waals surface area contributed by atoms with Gasteiger partial charge in [-0.3, -0.25) is 0 Å². The average Bonchev–Trinajstić information content (AvgIpc) is 3.66. The molecule has 1 N–H and O–H groups in total. The number of ether oxygens (including phenoxy) is 2. The number of nitrogens with zero attached hydrogens (tertiary/aromatic N) is 4. The molecule has 0 unspecified atom stereocenters. The fourth-order valence-corrected chi connectivity index (χ4v) is 4.50. The van der Waals surface area contributed by atoms with E-state index in [1.54, 1.807) is 36.2 Å². The van der Waals surface area contributed by atoms with E-state index in [4.69, 9.17) is 14.5 Å². The molecule has 0 amide bonds. The molecule has 198 valence electrons. The predicted molar refractivity (Wildman–Crippen MR) is 151 cm³/mol. The summed E-state index contributed by atoms with van der Waals surface area (Å²) in [5, 5.41) is 8.26. The molecule has 7 nitrogen and oxygen atoms in total. The minimum atomic E-state index is -0.274. The van der Waals surface area contributed by atoms with Gasteiger partial charge in [-0.15, -0.1) is 5.10 Å². The normalized spacial score (nSPS) is 10.9. The Kier molecular flexibility index (Phi) is 7.05. The second-order valence-corrected chi connectivity index (χ2v) is 9.19. The van der Waals surface area contributed by atoms with Crippen LogP contribution < -0.4 is 9.47 Å². The van der Waals surface area contributed by atoms with Gasteiger partial charge in [-0.2, -0.15) is 0 Å². The van der Waals surface area contributed by atoms with Crippen molar-refractivity contribution in [3.8, 4) is 45.4 Å². The number of nitrogens with one attached hydrogen (secondary N) is 1. The second kappa shape index (κ2) is 11.2. The summed E-state index contributed by atoms with van der Waals surface area (Å²) in [5.41, 5.74) is 5.92. The molecule has 2 heterocycles. The number of benzene rings is 4. The van der Waals surface area contributed by atoms with Gasteiger partial charge in [-0.1, -0.05) is 84.1 Å². The highest BCUT2D eigenvalue weighted by molar-refractivity contribution is 5.81. The van der Waals surface area contributed by atoms with Crippen molar-refractivity contribution in [3.63, 3.8) is 0 Å². The van der Waals surface area contributed by atoms with Gasteiger partial charge in [-0.25, -0.2) is 14.1 Å². The molecular formula is C32H26FN5O2. The first-order valence-corrected chi connectivity index (χ1v) is 12.8. The molecule has 6 aromatic rings. The lowest BCUT2D eigenvalue weighted by atomic mass is 10.1. The third-order valence-electron chi connectivity index (χ3n) is 6.50. The Labute approximate surface area is 230 Å². The van der Waals surface area contributed by atoms with Crippen molar-refractivity contribution >= 4 is 0 Å². The number of rotatable bonds is 9. The number of H-pyrrole nitrogens is 1. The molecule has 0 saturated carbocycles. The summed E-state index contributed by atoms with van der Waals surface area (Å²) in [5.74, 6) is 1.57. The van der Waals surface area contributed by atoms with E-state index in [2.05, 4.69) is 39.6 Å². The van der Waals surface area contributed by atoms with Crippen molar-refractivity contribution in [2.45, 2.75) is 13.2 Å². The molecule has 0 saturated heterocycles. The van der Waals surface area contributed by atoms with Crippen molar-refractivity contribution in [2.24, 2.45) is 0 Å². The Morgan fingerprint density at radius 1 is 0.800 bits per heavy atom. The summed E-state index contributed by atoms with van der Waals surface area (Å²) < 4.78 is 27.2. The third kappa shape index (κ3) is 5.33. The van der Waals surface area contributed by atoms with Crippen LogP contribution in [-0.4, -0.2) is 32.1 Å². The zero-order valence-corrected chi connectivity index (χ0v) is 21.8. The van der Waals surface area contributed by atoms with Crippen LogP contribution >= 0.6 is 0 Å². The third-order valence-corrected chi connectivity index (χ3v) is 6.50. The van der Waals surface area contributed by atoms with Gasteiger partial charge in [0.1, 0.15) is 23.9 Å². The molecule has 0 aliphatic heterocycles. The average molecular weight is 532 g/mol. The van der Waals surface area contributed by atoms with Gasteiger partial charge in [0.05, 0.1) is 31.2 Å². The zero-order chi connectivity index (χ0) is 27.3. The van der Waals surface area contributed by atoms with Crippen LogP contribution in [0.25, 0.3) is 33.9 Å². The number of halogens is 1. The summed E-state index contributed by atoms with van der Waals surface area (Å²) in [6, 6.07) is 32.6. The first-order valence-electron chi connectivity index (χ1n) is 12.8. The number of aromatic amines is 1. The highest BCUT2D eigenvalue weighted by Gasteiger charge is 2.17. The maximum absolute atomic E-state index is 14.0. The van der Waals surface area contributed by atoms with Crippen LogP contribution in [0.1, 0.15) is 11.3 Å². The van der Waals surface area contributed by atoms with Gasteiger partial charge in [0, 0.05) is 22.3 Å². The van der Waals surface area contributed by atoms with Crippen molar-refractivity contribution in [1.82, 2.24) is 25.0 Å². The maximum atomic E-state index is 14.0. The molecule has 0 fully saturated rings. The largest absolute Gasteiger partial charge is 0.493 e. The van der Waals surface area contributed by atoms with Crippen LogP contribution in [0.2, 0.25) is 0 Å². The van der Waals surface area contributed by atoms with Gasteiger partial charge < -0.3 is 14.5 Å². The van der Waals surface area contributed by atoms with Gasteiger partial charge in [0.2, 0.25) is 0 Å². The van der Waals surface area contributed by atoms with Gasteiger partial charge in [-0.05, 0) is 24.3 Å². The van der Waals surface area contributed by atoms with Crippen molar-refractivity contribution in [2.75, 3.05) is 7.11 Å². The van der Waals surface area contributed by atoms with Gasteiger partial charge >= 0.3 is 0 Å². The van der Waals surface area contributed by atoms with E-state index in [1.807, 2.05) is 54.6 Å². The highest BCUT2D eigenvalue weighted by atomic mass is 19.1. The van der Waals surface area contributed by atoms with E-state index in [9.17, 15) is 4.39 Å². The van der Waals surface area contributed by atoms with Crippen LogP contribution in [0, 0.1) is 5.82 Å². The Bertz CT molecular complexity index is 1670. The summed E-state index contributed by atoms with van der Waals surface area (Å²) in [6.45, 7) is 0.473. The van der Waals surface area contributed by atoms with Crippen LogP contribution in [0.4, 0.5) is 4.39 Å². The second-order valence-electron chi connectivity index (χ2n) is 9.19. The molecule has 0 aliphatic rings. The quantitative estimate of drug-likeness (QED) is 0.223. The highest BCUT2D eigenvalue weighted by Crippen LogP contribution is 2.36. The number of hydrogen-bond acceptors (Lipinski definition) is 5. The molecule has 40 heavy (non-hydrogen) atoms. The number of imidazole rings is 1. The Hall–Kier alpha value is -5.24. The Morgan fingerprint density at radius 3 is 2.27 bits per heavy atom. The number of hydrogen-bond donors (Lipinski definition) is 1. The zero-order valence-electron chi connectivity index (χ0n) is 21.8. The van der Waals surface area contributed by atoms with E-state index in [1.165, 1.54) is 6.07 Å². The maximum Gasteiger partial charge on any atom is 0.161 e. The smallest absolute Gasteiger partial charge is 0.161 e. The van der Waals surface area contributed by atoms with Crippen LogP contribution in [-0.2, 0) is 13.2 Å². The van der Waals surface area contributed by atoms with Gasteiger partial charge in [0.15, 0.2) is 11.5 Å². The molecule has 0 bridgehead atoms. The van der Waals surface area contributed by atoms with Crippen molar-refractivity contribution in [3.05, 3.63) is 126 Å². The van der Waals surface area contributed by atoms with Crippen molar-refractivity contribution < 1.29 is 13.9 Å². The topological polar surface area (TPSA) is 77.9 Å². The molecule has 0 aliphatic carbocycles. The molecule has 8 heteroatoms. The van der Waals surface area contributed by atoms with Crippen LogP contribution in [0.5, 0.6) is 11.5 Å². The van der Waals surface area contributed by atoms with E-state index >= 15 is 0 Å². The Morgan fingerprint density at radius 2 is 1.52 bits per heavy atom. The summed E-state index contributed by atoms with van der Waals surface area (Å²) in [7, 11) is 1.60. The molecule has 2 aromatic heterocycles. The monoisotopic (exact) mass is 531 g/mol. The van der Waals surface area contributed by atoms with E-state index in [0.717, 1.165) is 33.9 Å². The standard InChI is InChI=1S/C32H26FN5O2/c1-39-29-18-24(32-34-30(22-10-4-2-5-11-22)31(35-32)23-12-6-3-7-13-23)16-17-28(29)40-21-26-20-38(37-36-26)19-25-14-8-9-15-27(25)33/h2-18,20H,19,21H2,1H3,(H,34,35). The lowest BCUT2D eigenvalue weighted by molar-refractivity contribution is 0.280. The minimum absolute atomic E-state index is 0.185. The summed E-state index contributed by atoms with van der Waals surface area (Å²) in [6.07, 6.45) is 1.74. The van der Waals surface area contributed by atoms with Crippen LogP contribution in [0.3, 0.4) is 0 Å². The van der Waals surface area contributed by atoms with E-state index in [-0.39, 0.29) is 19.0 Å². The Balaban J connectivity index is 1.23. The van der Waals surface area contributed by atoms with E-state index < -0.39 is 0 Å². The van der Waals surface area contributed by atoms with Crippen LogP contribution in [0.15, 0.2) is 109 Å².